The van der Waals surface area contributed by atoms with E-state index in [-0.39, 0.29) is 12.5 Å². The Balaban J connectivity index is 1.58. The minimum atomic E-state index is -0.473. The summed E-state index contributed by atoms with van der Waals surface area (Å²) in [5.74, 6) is -0.130. The molecule has 0 radical (unpaired) electrons. The first-order valence-electron chi connectivity index (χ1n) is 9.05. The first-order valence-corrected chi connectivity index (χ1v) is 9.43. The van der Waals surface area contributed by atoms with Crippen LogP contribution in [0.3, 0.4) is 0 Å². The predicted octanol–water partition coefficient (Wildman–Crippen LogP) is 4.03. The first kappa shape index (κ1) is 20.0. The highest BCUT2D eigenvalue weighted by atomic mass is 35.5. The molecule has 1 amide bonds. The van der Waals surface area contributed by atoms with Gasteiger partial charge in [0.1, 0.15) is 13.2 Å². The van der Waals surface area contributed by atoms with Gasteiger partial charge in [-0.1, -0.05) is 37.6 Å². The summed E-state index contributed by atoms with van der Waals surface area (Å²) in [5.41, 5.74) is 1.35. The summed E-state index contributed by atoms with van der Waals surface area (Å²) >= 11 is 5.91. The van der Waals surface area contributed by atoms with E-state index in [1.165, 1.54) is 0 Å². The lowest BCUT2D eigenvalue weighted by atomic mass is 9.88. The van der Waals surface area contributed by atoms with Gasteiger partial charge in [-0.15, -0.1) is 0 Å². The Morgan fingerprint density at radius 2 is 1.75 bits per heavy atom. The average molecular weight is 404 g/mol. The lowest BCUT2D eigenvalue weighted by Gasteiger charge is -2.20. The van der Waals surface area contributed by atoms with Crippen molar-refractivity contribution in [2.24, 2.45) is 5.92 Å². The quantitative estimate of drug-likeness (QED) is 0.737. The zero-order chi connectivity index (χ0) is 20.1. The van der Waals surface area contributed by atoms with E-state index in [1.54, 1.807) is 42.5 Å². The van der Waals surface area contributed by atoms with Crippen molar-refractivity contribution < 1.29 is 23.8 Å². The number of hydrogen-bond donors (Lipinski definition) is 1. The number of esters is 1. The molecule has 1 N–H and O–H groups in total. The van der Waals surface area contributed by atoms with Crippen LogP contribution in [0.5, 0.6) is 11.5 Å². The standard InChI is InChI=1S/C21H22ClNO5/c1-13(2)20(14-3-5-15(22)6-4-14)21(25)28-12-19(24)23-16-7-8-17-18(11-16)27-10-9-26-17/h3-8,11,13,20H,9-10,12H2,1-2H3,(H,23,24). The van der Waals surface area contributed by atoms with Crippen molar-refractivity contribution >= 4 is 29.2 Å². The molecular formula is C21H22ClNO5. The molecule has 3 rings (SSSR count). The molecule has 28 heavy (non-hydrogen) atoms. The number of rotatable bonds is 6. The smallest absolute Gasteiger partial charge is 0.314 e. The van der Waals surface area contributed by atoms with Gasteiger partial charge in [-0.05, 0) is 35.7 Å². The molecule has 1 unspecified atom stereocenters. The van der Waals surface area contributed by atoms with Gasteiger partial charge in [-0.25, -0.2) is 0 Å². The van der Waals surface area contributed by atoms with Crippen molar-refractivity contribution in [1.82, 2.24) is 0 Å². The van der Waals surface area contributed by atoms with E-state index in [4.69, 9.17) is 25.8 Å². The molecule has 0 aliphatic carbocycles. The van der Waals surface area contributed by atoms with E-state index in [0.29, 0.717) is 35.4 Å². The Kier molecular flexibility index (Phi) is 6.41. The van der Waals surface area contributed by atoms with E-state index in [0.717, 1.165) is 5.56 Å². The number of anilines is 1. The normalized spacial score (nSPS) is 13.7. The number of benzene rings is 2. The number of halogens is 1. The molecule has 0 aromatic heterocycles. The van der Waals surface area contributed by atoms with Gasteiger partial charge in [-0.3, -0.25) is 9.59 Å². The molecule has 1 aliphatic heterocycles. The van der Waals surface area contributed by atoms with Crippen LogP contribution in [0.2, 0.25) is 5.02 Å². The fraction of sp³-hybridized carbons (Fsp3) is 0.333. The number of ether oxygens (including phenoxy) is 3. The molecule has 1 atom stereocenters. The number of nitrogens with one attached hydrogen (secondary N) is 1. The summed E-state index contributed by atoms with van der Waals surface area (Å²) in [5, 5.41) is 3.29. The van der Waals surface area contributed by atoms with E-state index in [1.807, 2.05) is 13.8 Å². The van der Waals surface area contributed by atoms with E-state index in [2.05, 4.69) is 5.32 Å². The van der Waals surface area contributed by atoms with Crippen molar-refractivity contribution in [1.29, 1.82) is 0 Å². The van der Waals surface area contributed by atoms with Crippen LogP contribution in [0.15, 0.2) is 42.5 Å². The minimum absolute atomic E-state index is 0.00883. The van der Waals surface area contributed by atoms with Gasteiger partial charge in [0.2, 0.25) is 0 Å². The largest absolute Gasteiger partial charge is 0.486 e. The monoisotopic (exact) mass is 403 g/mol. The van der Waals surface area contributed by atoms with Gasteiger partial charge >= 0.3 is 5.97 Å². The molecule has 0 saturated carbocycles. The topological polar surface area (TPSA) is 73.9 Å². The number of fused-ring (bicyclic) bond motifs is 1. The second-order valence-corrected chi connectivity index (χ2v) is 7.22. The number of hydrogen-bond acceptors (Lipinski definition) is 5. The maximum Gasteiger partial charge on any atom is 0.314 e. The van der Waals surface area contributed by atoms with Crippen molar-refractivity contribution in [3.8, 4) is 11.5 Å². The predicted molar refractivity (Wildman–Crippen MR) is 106 cm³/mol. The van der Waals surface area contributed by atoms with Gasteiger partial charge in [0, 0.05) is 16.8 Å². The van der Waals surface area contributed by atoms with E-state index in [9.17, 15) is 9.59 Å². The molecule has 6 nitrogen and oxygen atoms in total. The van der Waals surface area contributed by atoms with Gasteiger partial charge < -0.3 is 19.5 Å². The summed E-state index contributed by atoms with van der Waals surface area (Å²) in [4.78, 5) is 24.7. The summed E-state index contributed by atoms with van der Waals surface area (Å²) in [6, 6.07) is 12.2. The Morgan fingerprint density at radius 3 is 2.43 bits per heavy atom. The van der Waals surface area contributed by atoms with Crippen molar-refractivity contribution in [3.63, 3.8) is 0 Å². The molecule has 0 bridgehead atoms. The summed E-state index contributed by atoms with van der Waals surface area (Å²) in [7, 11) is 0. The van der Waals surface area contributed by atoms with Crippen molar-refractivity contribution in [2.45, 2.75) is 19.8 Å². The minimum Gasteiger partial charge on any atom is -0.486 e. The van der Waals surface area contributed by atoms with Crippen molar-refractivity contribution in [2.75, 3.05) is 25.1 Å². The molecule has 1 aliphatic rings. The number of carbonyl (C=O) groups is 2. The second-order valence-electron chi connectivity index (χ2n) is 6.79. The Morgan fingerprint density at radius 1 is 1.07 bits per heavy atom. The highest BCUT2D eigenvalue weighted by molar-refractivity contribution is 6.30. The first-order chi connectivity index (χ1) is 13.4. The Labute approximate surface area is 168 Å². The SMILES string of the molecule is CC(C)C(C(=O)OCC(=O)Nc1ccc2c(c1)OCCO2)c1ccc(Cl)cc1. The molecular weight excluding hydrogens is 382 g/mol. The zero-order valence-corrected chi connectivity index (χ0v) is 16.5. The fourth-order valence-corrected chi connectivity index (χ4v) is 3.13. The van der Waals surface area contributed by atoms with Gasteiger partial charge in [0.15, 0.2) is 18.1 Å². The van der Waals surface area contributed by atoms with Crippen LogP contribution in [0, 0.1) is 5.92 Å². The third-order valence-corrected chi connectivity index (χ3v) is 4.57. The van der Waals surface area contributed by atoms with E-state index >= 15 is 0 Å². The molecule has 0 saturated heterocycles. The van der Waals surface area contributed by atoms with Gasteiger partial charge in [0.05, 0.1) is 5.92 Å². The molecule has 0 fully saturated rings. The summed E-state index contributed by atoms with van der Waals surface area (Å²) in [6.45, 7) is 4.44. The molecule has 1 heterocycles. The van der Waals surface area contributed by atoms with Gasteiger partial charge in [-0.2, -0.15) is 0 Å². The molecule has 148 valence electrons. The lowest BCUT2D eigenvalue weighted by Crippen LogP contribution is -2.26. The van der Waals surface area contributed by atoms with Crippen LogP contribution < -0.4 is 14.8 Å². The van der Waals surface area contributed by atoms with Crippen LogP contribution >= 0.6 is 11.6 Å². The number of amides is 1. The Bertz CT molecular complexity index is 850. The van der Waals surface area contributed by atoms with Crippen LogP contribution in [-0.4, -0.2) is 31.7 Å². The summed E-state index contributed by atoms with van der Waals surface area (Å²) < 4.78 is 16.2. The number of carbonyl (C=O) groups excluding carboxylic acids is 2. The van der Waals surface area contributed by atoms with Gasteiger partial charge in [0.25, 0.3) is 5.91 Å². The van der Waals surface area contributed by atoms with Crippen LogP contribution in [0.1, 0.15) is 25.3 Å². The van der Waals surface area contributed by atoms with Crippen LogP contribution in [0.25, 0.3) is 0 Å². The third kappa shape index (κ3) is 4.95. The van der Waals surface area contributed by atoms with Crippen molar-refractivity contribution in [3.05, 3.63) is 53.1 Å². The summed E-state index contributed by atoms with van der Waals surface area (Å²) in [6.07, 6.45) is 0. The average Bonchev–Trinajstić information content (AvgIpc) is 2.68. The van der Waals surface area contributed by atoms with Crippen LogP contribution in [-0.2, 0) is 14.3 Å². The van der Waals surface area contributed by atoms with Crippen LogP contribution in [0.4, 0.5) is 5.69 Å². The fourth-order valence-electron chi connectivity index (χ4n) is 3.01. The molecule has 2 aromatic rings. The highest BCUT2D eigenvalue weighted by Crippen LogP contribution is 2.32. The third-order valence-electron chi connectivity index (χ3n) is 4.32. The molecule has 7 heteroatoms. The maximum absolute atomic E-state index is 12.5. The zero-order valence-electron chi connectivity index (χ0n) is 15.7. The van der Waals surface area contributed by atoms with E-state index < -0.39 is 17.8 Å². The molecule has 2 aromatic carbocycles. The Hall–Kier alpha value is -2.73. The highest BCUT2D eigenvalue weighted by Gasteiger charge is 2.26. The molecule has 0 spiro atoms. The second kappa shape index (κ2) is 8.97. The maximum atomic E-state index is 12.5. The lowest BCUT2D eigenvalue weighted by molar-refractivity contribution is -0.149.